The molecule has 0 aromatic heterocycles. The van der Waals surface area contributed by atoms with Crippen LogP contribution >= 0.6 is 0 Å². The predicted octanol–water partition coefficient (Wildman–Crippen LogP) is 3.39. The van der Waals surface area contributed by atoms with Gasteiger partial charge in [-0.3, -0.25) is 0 Å². The molecule has 0 spiro atoms. The maximum absolute atomic E-state index is 2.50. The summed E-state index contributed by atoms with van der Waals surface area (Å²) < 4.78 is 0. The average Bonchev–Trinajstić information content (AvgIpc) is 2.15. The van der Waals surface area contributed by atoms with Crippen LogP contribution in [0.1, 0.15) is 65.2 Å². The second-order valence-electron chi connectivity index (χ2n) is 3.12. The van der Waals surface area contributed by atoms with Crippen LogP contribution in [0.2, 0.25) is 0 Å². The van der Waals surface area contributed by atoms with E-state index >= 15 is 0 Å². The van der Waals surface area contributed by atoms with Crippen molar-refractivity contribution >= 4 is 27.3 Å². The van der Waals surface area contributed by atoms with Crippen molar-refractivity contribution in [1.29, 1.82) is 0 Å². The monoisotopic (exact) mass is 302 g/mol. The number of unbranched alkanes of at least 4 members (excludes halogenated alkanes) is 7. The Kier molecular flexibility index (Phi) is 23.2. The molecule has 0 rings (SSSR count). The fraction of sp³-hybridized carbons (Fsp3) is 1.00. The Labute approximate surface area is 92.4 Å². The molecule has 0 N–H and O–H groups in total. The first-order valence-electron chi connectivity index (χ1n) is 5.08. The maximum atomic E-state index is 2.50. The molecule has 0 aromatic rings. The van der Waals surface area contributed by atoms with E-state index in [1.54, 1.807) is 0 Å². The van der Waals surface area contributed by atoms with E-state index < -0.39 is 0 Å². The van der Waals surface area contributed by atoms with Gasteiger partial charge >= 0.3 is 27.3 Å². The Balaban J connectivity index is 0. The summed E-state index contributed by atoms with van der Waals surface area (Å²) in [4.78, 5) is 0. The molecule has 0 saturated heterocycles. The standard InChI is InChI=1S/C10H22.Se2/c1-3-5-7-9-10-8-6-4-2;1-2/h3-10H2,1-2H3;. The molecule has 2 heteroatoms. The quantitative estimate of drug-likeness (QED) is 0.499. The van der Waals surface area contributed by atoms with Gasteiger partial charge in [0, 0.05) is 0 Å². The van der Waals surface area contributed by atoms with Gasteiger partial charge in [-0.2, -0.15) is 0 Å². The first-order chi connectivity index (χ1) is 5.91. The van der Waals surface area contributed by atoms with E-state index in [0.29, 0.717) is 0 Å². The molecule has 0 aliphatic carbocycles. The van der Waals surface area contributed by atoms with Crippen molar-refractivity contribution in [2.24, 2.45) is 0 Å². The third-order valence-electron chi connectivity index (χ3n) is 1.96. The van der Waals surface area contributed by atoms with Crippen molar-refractivity contribution in [1.82, 2.24) is 0 Å². The second-order valence-corrected chi connectivity index (χ2v) is 3.12. The molecule has 0 aliphatic heterocycles. The van der Waals surface area contributed by atoms with Gasteiger partial charge in [-0.1, -0.05) is 65.2 Å². The van der Waals surface area contributed by atoms with Gasteiger partial charge in [0.1, 0.15) is 0 Å². The molecule has 0 bridgehead atoms. The normalized spacial score (nSPS) is 8.83. The average molecular weight is 300 g/mol. The fourth-order valence-corrected chi connectivity index (χ4v) is 1.21. The zero-order chi connectivity index (χ0) is 9.66. The summed E-state index contributed by atoms with van der Waals surface area (Å²) >= 11 is 5.00. The first-order valence-corrected chi connectivity index (χ1v) is 9.41. The zero-order valence-corrected chi connectivity index (χ0v) is 11.9. The van der Waals surface area contributed by atoms with E-state index in [9.17, 15) is 0 Å². The van der Waals surface area contributed by atoms with Gasteiger partial charge in [0.05, 0.1) is 0 Å². The summed E-state index contributed by atoms with van der Waals surface area (Å²) in [5.41, 5.74) is 0. The minimum absolute atomic E-state index is 1.37. The molecule has 0 aromatic carbocycles. The van der Waals surface area contributed by atoms with E-state index in [1.165, 1.54) is 51.4 Å². The number of hydrogen-bond acceptors (Lipinski definition) is 0. The van der Waals surface area contributed by atoms with E-state index in [2.05, 4.69) is 41.2 Å². The van der Waals surface area contributed by atoms with Gasteiger partial charge in [0.2, 0.25) is 0 Å². The Morgan fingerprint density at radius 2 is 0.833 bits per heavy atom. The van der Waals surface area contributed by atoms with E-state index in [1.807, 2.05) is 0 Å². The van der Waals surface area contributed by atoms with Crippen LogP contribution in [-0.2, 0) is 0 Å². The van der Waals surface area contributed by atoms with Gasteiger partial charge in [0.25, 0.3) is 0 Å². The molecule has 0 saturated carbocycles. The molecule has 0 amide bonds. The van der Waals surface area contributed by atoms with Crippen molar-refractivity contribution < 1.29 is 0 Å². The Morgan fingerprint density at radius 1 is 0.583 bits per heavy atom. The summed E-state index contributed by atoms with van der Waals surface area (Å²) in [5.74, 6) is 0. The van der Waals surface area contributed by atoms with Crippen molar-refractivity contribution in [3.05, 3.63) is 0 Å². The van der Waals surface area contributed by atoms with Crippen molar-refractivity contribution in [3.63, 3.8) is 0 Å². The summed E-state index contributed by atoms with van der Waals surface area (Å²) in [6.07, 6.45) is 11.5. The van der Waals surface area contributed by atoms with Crippen LogP contribution in [0.3, 0.4) is 0 Å². The summed E-state index contributed by atoms with van der Waals surface area (Å²) in [7, 11) is 0. The topological polar surface area (TPSA) is 0 Å². The Hall–Kier alpha value is 1.04. The van der Waals surface area contributed by atoms with Crippen LogP contribution in [-0.4, -0.2) is 27.3 Å². The van der Waals surface area contributed by atoms with Crippen molar-refractivity contribution in [2.45, 2.75) is 65.2 Å². The van der Waals surface area contributed by atoms with Crippen LogP contribution in [0.15, 0.2) is 0 Å². The Morgan fingerprint density at radius 3 is 1.08 bits per heavy atom. The fourth-order valence-electron chi connectivity index (χ4n) is 1.21. The van der Waals surface area contributed by atoms with Gasteiger partial charge in [-0.15, -0.1) is 0 Å². The van der Waals surface area contributed by atoms with Crippen LogP contribution in [0.4, 0.5) is 0 Å². The molecule has 0 fully saturated rings. The molecule has 0 nitrogen and oxygen atoms in total. The van der Waals surface area contributed by atoms with Crippen molar-refractivity contribution in [3.8, 4) is 0 Å². The molecule has 0 atom stereocenters. The zero-order valence-electron chi connectivity index (χ0n) is 8.47. The molecule has 0 aliphatic rings. The van der Waals surface area contributed by atoms with E-state index in [0.717, 1.165) is 0 Å². The van der Waals surface area contributed by atoms with Crippen LogP contribution < -0.4 is 0 Å². The number of rotatable bonds is 7. The predicted molar refractivity (Wildman–Crippen MR) is 59.8 cm³/mol. The van der Waals surface area contributed by atoms with Crippen molar-refractivity contribution in [2.75, 3.05) is 0 Å². The molecular weight excluding hydrogens is 278 g/mol. The van der Waals surface area contributed by atoms with E-state index in [4.69, 9.17) is 0 Å². The third-order valence-corrected chi connectivity index (χ3v) is 1.96. The van der Waals surface area contributed by atoms with Crippen LogP contribution in [0.5, 0.6) is 0 Å². The molecule has 0 unspecified atom stereocenters. The Bertz CT molecular complexity index is 56.9. The minimum atomic E-state index is 1.37. The summed E-state index contributed by atoms with van der Waals surface area (Å²) in [5, 5.41) is 0. The second kappa shape index (κ2) is 18.0. The number of hydrogen-bond donors (Lipinski definition) is 0. The SMILES string of the molecule is CCCCCCCCCC.[Se]=[Se]. The third kappa shape index (κ3) is 17.2. The van der Waals surface area contributed by atoms with Gasteiger partial charge in [-0.25, -0.2) is 0 Å². The van der Waals surface area contributed by atoms with Gasteiger partial charge in [0.15, 0.2) is 0 Å². The molecule has 0 radical (unpaired) electrons. The summed E-state index contributed by atoms with van der Waals surface area (Å²) in [6.45, 7) is 4.54. The molecule has 74 valence electrons. The van der Waals surface area contributed by atoms with Gasteiger partial charge in [-0.05, 0) is 0 Å². The first kappa shape index (κ1) is 15.5. The van der Waals surface area contributed by atoms with Crippen LogP contribution in [0, 0.1) is 0 Å². The molecule has 0 heterocycles. The molecular formula is C10H22Se2. The van der Waals surface area contributed by atoms with E-state index in [-0.39, 0.29) is 0 Å². The molecule has 12 heavy (non-hydrogen) atoms. The van der Waals surface area contributed by atoms with Crippen LogP contribution in [0.25, 0.3) is 0 Å². The summed E-state index contributed by atoms with van der Waals surface area (Å²) in [6, 6.07) is 0. The van der Waals surface area contributed by atoms with Gasteiger partial charge < -0.3 is 0 Å².